The van der Waals surface area contributed by atoms with Gasteiger partial charge in [0.2, 0.25) is 5.91 Å². The Kier molecular flexibility index (Phi) is 3.86. The highest BCUT2D eigenvalue weighted by Crippen LogP contribution is 2.37. The Labute approximate surface area is 117 Å². The standard InChI is InChI=1S/C14H20N2O2S/c17-12(10-4-5-19-8-10)7-16-14(18)13-11-3-1-2-9(11)6-15-13/h4-5,8-9,11-13,15,17H,1-3,6-7H2,(H,16,18). The van der Waals surface area contributed by atoms with Gasteiger partial charge in [0.25, 0.3) is 0 Å². The molecule has 2 aliphatic rings. The van der Waals surface area contributed by atoms with Crippen molar-refractivity contribution in [3.8, 4) is 0 Å². The number of rotatable bonds is 4. The van der Waals surface area contributed by atoms with Crippen LogP contribution < -0.4 is 10.6 Å². The first-order valence-electron chi connectivity index (χ1n) is 6.97. The number of fused-ring (bicyclic) bond motifs is 1. The van der Waals surface area contributed by atoms with Gasteiger partial charge in [0.1, 0.15) is 0 Å². The molecule has 1 aliphatic carbocycles. The van der Waals surface area contributed by atoms with Gasteiger partial charge in [-0.3, -0.25) is 4.79 Å². The van der Waals surface area contributed by atoms with Crippen molar-refractivity contribution < 1.29 is 9.90 Å². The minimum atomic E-state index is -0.601. The van der Waals surface area contributed by atoms with Crippen LogP contribution >= 0.6 is 11.3 Å². The van der Waals surface area contributed by atoms with Crippen LogP contribution in [0.4, 0.5) is 0 Å². The molecule has 1 aromatic rings. The normalized spacial score (nSPS) is 31.1. The molecule has 5 heteroatoms. The summed E-state index contributed by atoms with van der Waals surface area (Å²) in [5, 5.41) is 20.0. The largest absolute Gasteiger partial charge is 0.387 e. The highest BCUT2D eigenvalue weighted by atomic mass is 32.1. The van der Waals surface area contributed by atoms with E-state index in [9.17, 15) is 9.90 Å². The van der Waals surface area contributed by atoms with E-state index < -0.39 is 6.10 Å². The smallest absolute Gasteiger partial charge is 0.237 e. The predicted octanol–water partition coefficient (Wildman–Crippen LogP) is 1.29. The summed E-state index contributed by atoms with van der Waals surface area (Å²) in [7, 11) is 0. The van der Waals surface area contributed by atoms with Gasteiger partial charge in [0.15, 0.2) is 0 Å². The lowest BCUT2D eigenvalue weighted by molar-refractivity contribution is -0.124. The third-order valence-electron chi connectivity index (χ3n) is 4.43. The molecule has 1 saturated heterocycles. The quantitative estimate of drug-likeness (QED) is 0.779. The second-order valence-corrected chi connectivity index (χ2v) is 6.34. The van der Waals surface area contributed by atoms with Crippen LogP contribution in [0.5, 0.6) is 0 Å². The SMILES string of the molecule is O=C(NCC(O)c1ccsc1)C1NCC2CCCC21. The molecule has 1 amide bonds. The van der Waals surface area contributed by atoms with Gasteiger partial charge in [-0.15, -0.1) is 0 Å². The molecule has 4 nitrogen and oxygen atoms in total. The summed E-state index contributed by atoms with van der Waals surface area (Å²) in [6, 6.07) is 1.84. The first-order valence-corrected chi connectivity index (χ1v) is 7.91. The van der Waals surface area contributed by atoms with E-state index in [0.717, 1.165) is 18.5 Å². The molecule has 4 unspecified atom stereocenters. The van der Waals surface area contributed by atoms with Gasteiger partial charge in [0.05, 0.1) is 12.1 Å². The van der Waals surface area contributed by atoms with Gasteiger partial charge in [-0.1, -0.05) is 6.42 Å². The van der Waals surface area contributed by atoms with E-state index in [1.807, 2.05) is 16.8 Å². The molecule has 19 heavy (non-hydrogen) atoms. The van der Waals surface area contributed by atoms with Crippen molar-refractivity contribution >= 4 is 17.2 Å². The van der Waals surface area contributed by atoms with E-state index in [1.54, 1.807) is 11.3 Å². The van der Waals surface area contributed by atoms with Crippen molar-refractivity contribution in [2.75, 3.05) is 13.1 Å². The Morgan fingerprint density at radius 2 is 2.47 bits per heavy atom. The second-order valence-electron chi connectivity index (χ2n) is 5.56. The van der Waals surface area contributed by atoms with Crippen molar-refractivity contribution in [2.24, 2.45) is 11.8 Å². The molecule has 3 N–H and O–H groups in total. The third kappa shape index (κ3) is 2.68. The minimum absolute atomic E-state index is 0.0451. The van der Waals surface area contributed by atoms with Gasteiger partial charge in [-0.2, -0.15) is 11.3 Å². The zero-order chi connectivity index (χ0) is 13.2. The van der Waals surface area contributed by atoms with Crippen LogP contribution in [0, 0.1) is 11.8 Å². The summed E-state index contributed by atoms with van der Waals surface area (Å²) in [4.78, 5) is 12.2. The van der Waals surface area contributed by atoms with Gasteiger partial charge < -0.3 is 15.7 Å². The van der Waals surface area contributed by atoms with Crippen LogP contribution in [-0.2, 0) is 4.79 Å². The summed E-state index contributed by atoms with van der Waals surface area (Å²) in [5.74, 6) is 1.22. The van der Waals surface area contributed by atoms with E-state index in [-0.39, 0.29) is 11.9 Å². The topological polar surface area (TPSA) is 61.4 Å². The van der Waals surface area contributed by atoms with E-state index in [1.165, 1.54) is 12.8 Å². The van der Waals surface area contributed by atoms with Crippen molar-refractivity contribution in [3.05, 3.63) is 22.4 Å². The van der Waals surface area contributed by atoms with E-state index in [2.05, 4.69) is 10.6 Å². The van der Waals surface area contributed by atoms with Crippen LogP contribution in [0.15, 0.2) is 16.8 Å². The molecule has 2 fully saturated rings. The molecule has 0 bridgehead atoms. The maximum Gasteiger partial charge on any atom is 0.237 e. The van der Waals surface area contributed by atoms with E-state index >= 15 is 0 Å². The van der Waals surface area contributed by atoms with E-state index in [0.29, 0.717) is 18.4 Å². The van der Waals surface area contributed by atoms with Crippen molar-refractivity contribution in [3.63, 3.8) is 0 Å². The van der Waals surface area contributed by atoms with Crippen LogP contribution in [0.25, 0.3) is 0 Å². The van der Waals surface area contributed by atoms with E-state index in [4.69, 9.17) is 0 Å². The molecule has 1 aromatic heterocycles. The maximum absolute atomic E-state index is 12.2. The first-order chi connectivity index (χ1) is 9.25. The Balaban J connectivity index is 1.51. The summed E-state index contributed by atoms with van der Waals surface area (Å²) in [5.41, 5.74) is 0.878. The lowest BCUT2D eigenvalue weighted by Gasteiger charge is -2.19. The summed E-state index contributed by atoms with van der Waals surface area (Å²) in [6.07, 6.45) is 3.05. The van der Waals surface area contributed by atoms with Gasteiger partial charge in [-0.05, 0) is 53.6 Å². The monoisotopic (exact) mass is 280 g/mol. The van der Waals surface area contributed by atoms with Crippen LogP contribution in [-0.4, -0.2) is 30.1 Å². The van der Waals surface area contributed by atoms with Crippen molar-refractivity contribution in [2.45, 2.75) is 31.4 Å². The average Bonchev–Trinajstić information content (AvgIpc) is 3.10. The minimum Gasteiger partial charge on any atom is -0.387 e. The maximum atomic E-state index is 12.2. The molecule has 0 spiro atoms. The number of hydrogen-bond donors (Lipinski definition) is 3. The molecule has 3 rings (SSSR count). The number of carbonyl (C=O) groups excluding carboxylic acids is 1. The first kappa shape index (κ1) is 13.1. The number of carbonyl (C=O) groups is 1. The second kappa shape index (κ2) is 5.61. The molecule has 0 radical (unpaired) electrons. The number of nitrogens with one attached hydrogen (secondary N) is 2. The molecule has 4 atom stereocenters. The Morgan fingerprint density at radius 3 is 3.26 bits per heavy atom. The Morgan fingerprint density at radius 1 is 1.58 bits per heavy atom. The summed E-state index contributed by atoms with van der Waals surface area (Å²) < 4.78 is 0. The molecule has 104 valence electrons. The van der Waals surface area contributed by atoms with Crippen LogP contribution in [0.3, 0.4) is 0 Å². The molecular formula is C14H20N2O2S. The zero-order valence-corrected chi connectivity index (χ0v) is 11.7. The number of aliphatic hydroxyl groups excluding tert-OH is 1. The van der Waals surface area contributed by atoms with Crippen LogP contribution in [0.1, 0.15) is 30.9 Å². The fraction of sp³-hybridized carbons (Fsp3) is 0.643. The summed E-state index contributed by atoms with van der Waals surface area (Å²) in [6.45, 7) is 1.26. The molecular weight excluding hydrogens is 260 g/mol. The molecule has 2 heterocycles. The number of thiophene rings is 1. The molecule has 1 aliphatic heterocycles. The number of hydrogen-bond acceptors (Lipinski definition) is 4. The predicted molar refractivity (Wildman–Crippen MR) is 74.9 cm³/mol. The lowest BCUT2D eigenvalue weighted by Crippen LogP contribution is -2.45. The highest BCUT2D eigenvalue weighted by molar-refractivity contribution is 7.07. The zero-order valence-electron chi connectivity index (χ0n) is 10.8. The fourth-order valence-electron chi connectivity index (χ4n) is 3.36. The van der Waals surface area contributed by atoms with Crippen LogP contribution in [0.2, 0.25) is 0 Å². The van der Waals surface area contributed by atoms with Gasteiger partial charge in [-0.25, -0.2) is 0 Å². The highest BCUT2D eigenvalue weighted by Gasteiger charge is 2.42. The number of aliphatic hydroxyl groups is 1. The average molecular weight is 280 g/mol. The molecule has 0 aromatic carbocycles. The van der Waals surface area contributed by atoms with Crippen molar-refractivity contribution in [1.29, 1.82) is 0 Å². The van der Waals surface area contributed by atoms with Gasteiger partial charge in [0, 0.05) is 6.54 Å². The summed E-state index contributed by atoms with van der Waals surface area (Å²) >= 11 is 1.56. The Hall–Kier alpha value is -0.910. The third-order valence-corrected chi connectivity index (χ3v) is 5.13. The van der Waals surface area contributed by atoms with Crippen molar-refractivity contribution in [1.82, 2.24) is 10.6 Å². The Bertz CT molecular complexity index is 435. The number of amides is 1. The fourth-order valence-corrected chi connectivity index (χ4v) is 4.07. The lowest BCUT2D eigenvalue weighted by atomic mass is 9.93. The van der Waals surface area contributed by atoms with Gasteiger partial charge >= 0.3 is 0 Å². The molecule has 1 saturated carbocycles.